The monoisotopic (exact) mass is 416 g/mol. The van der Waals surface area contributed by atoms with Crippen LogP contribution in [0, 0.1) is 0 Å². The second-order valence-electron chi connectivity index (χ2n) is 7.25. The van der Waals surface area contributed by atoms with E-state index in [9.17, 15) is 14.4 Å². The van der Waals surface area contributed by atoms with Crippen molar-refractivity contribution in [2.24, 2.45) is 0 Å². The number of para-hydroxylation sites is 1. The number of anilines is 2. The maximum absolute atomic E-state index is 13.1. The summed E-state index contributed by atoms with van der Waals surface area (Å²) in [5.74, 6) is 0.404. The van der Waals surface area contributed by atoms with Crippen LogP contribution >= 0.6 is 0 Å². The number of H-pyrrole nitrogens is 1. The molecule has 2 aromatic rings. The van der Waals surface area contributed by atoms with Gasteiger partial charge in [0.1, 0.15) is 11.6 Å². The second-order valence-corrected chi connectivity index (χ2v) is 7.25. The van der Waals surface area contributed by atoms with Crippen molar-refractivity contribution in [1.29, 1.82) is 0 Å². The van der Waals surface area contributed by atoms with Crippen LogP contribution in [0.3, 0.4) is 0 Å². The van der Waals surface area contributed by atoms with Gasteiger partial charge in [-0.3, -0.25) is 24.0 Å². The minimum Gasteiger partial charge on any atom is -0.496 e. The van der Waals surface area contributed by atoms with E-state index in [0.29, 0.717) is 18.7 Å². The highest BCUT2D eigenvalue weighted by molar-refractivity contribution is 5.95. The third-order valence-electron chi connectivity index (χ3n) is 5.04. The Balaban J connectivity index is 2.54. The number of carbonyl (C=O) groups is 1. The smallest absolute Gasteiger partial charge is 0.330 e. The number of methoxy groups -OCH3 is 1. The zero-order valence-corrected chi connectivity index (χ0v) is 18.1. The van der Waals surface area contributed by atoms with Crippen LogP contribution in [0.5, 0.6) is 5.75 Å². The molecule has 30 heavy (non-hydrogen) atoms. The Bertz CT molecular complexity index is 964. The Hall–Kier alpha value is -3.03. The first-order valence-electron chi connectivity index (χ1n) is 10.5. The van der Waals surface area contributed by atoms with Crippen molar-refractivity contribution < 1.29 is 9.53 Å². The summed E-state index contributed by atoms with van der Waals surface area (Å²) in [6.45, 7) is 4.55. The molecule has 1 amide bonds. The largest absolute Gasteiger partial charge is 0.496 e. The van der Waals surface area contributed by atoms with E-state index >= 15 is 0 Å². The minimum atomic E-state index is -0.663. The molecule has 0 unspecified atom stereocenters. The fourth-order valence-corrected chi connectivity index (χ4v) is 3.33. The maximum atomic E-state index is 13.1. The third-order valence-corrected chi connectivity index (χ3v) is 5.04. The highest BCUT2D eigenvalue weighted by Gasteiger charge is 2.25. The average Bonchev–Trinajstić information content (AvgIpc) is 2.73. The van der Waals surface area contributed by atoms with Crippen molar-refractivity contribution >= 4 is 17.4 Å². The zero-order chi connectivity index (χ0) is 22.1. The summed E-state index contributed by atoms with van der Waals surface area (Å²) in [5.41, 5.74) is 5.79. The summed E-state index contributed by atoms with van der Waals surface area (Å²) in [7, 11) is 1.55. The fraction of sp³-hybridized carbons (Fsp3) is 0.500. The molecule has 8 nitrogen and oxygen atoms in total. The van der Waals surface area contributed by atoms with Gasteiger partial charge in [0.05, 0.1) is 13.7 Å². The number of nitrogen functional groups attached to an aromatic ring is 1. The van der Waals surface area contributed by atoms with Crippen LogP contribution in [-0.2, 0) is 17.9 Å². The molecule has 0 fully saturated rings. The number of aromatic nitrogens is 2. The molecule has 0 aliphatic heterocycles. The molecule has 2 rings (SSSR count). The molecule has 0 radical (unpaired) electrons. The quantitative estimate of drug-likeness (QED) is 0.547. The predicted octanol–water partition coefficient (Wildman–Crippen LogP) is 3.04. The Morgan fingerprint density at radius 3 is 2.50 bits per heavy atom. The van der Waals surface area contributed by atoms with Crippen molar-refractivity contribution in [2.75, 3.05) is 17.7 Å². The van der Waals surface area contributed by atoms with Crippen molar-refractivity contribution in [3.8, 4) is 5.75 Å². The number of hydrogen-bond donors (Lipinski definition) is 2. The zero-order valence-electron chi connectivity index (χ0n) is 18.1. The van der Waals surface area contributed by atoms with Crippen molar-refractivity contribution in [3.05, 3.63) is 50.7 Å². The molecule has 3 N–H and O–H groups in total. The van der Waals surface area contributed by atoms with Crippen LogP contribution in [0.1, 0.15) is 57.9 Å². The van der Waals surface area contributed by atoms with Crippen LogP contribution in [0.2, 0.25) is 0 Å². The molecule has 0 aliphatic carbocycles. The molecule has 1 aromatic carbocycles. The lowest BCUT2D eigenvalue weighted by molar-refractivity contribution is -0.118. The van der Waals surface area contributed by atoms with E-state index in [2.05, 4.69) is 11.9 Å². The summed E-state index contributed by atoms with van der Waals surface area (Å²) < 4.78 is 6.73. The molecular formula is C22H32N4O4. The molecule has 164 valence electrons. The molecule has 0 atom stereocenters. The van der Waals surface area contributed by atoms with Gasteiger partial charge in [0.15, 0.2) is 5.69 Å². The lowest BCUT2D eigenvalue weighted by Crippen LogP contribution is -2.41. The van der Waals surface area contributed by atoms with Gasteiger partial charge in [-0.1, -0.05) is 51.3 Å². The molecule has 0 bridgehead atoms. The van der Waals surface area contributed by atoms with Crippen LogP contribution < -0.4 is 26.6 Å². The number of unbranched alkanes of at least 4 members (excludes halogenated alkanes) is 3. The number of amides is 1. The number of nitrogens with two attached hydrogens (primary N) is 1. The molecule has 8 heteroatoms. The molecule has 0 saturated heterocycles. The topological polar surface area (TPSA) is 110 Å². The average molecular weight is 417 g/mol. The molecule has 0 aliphatic rings. The molecule has 0 spiro atoms. The maximum Gasteiger partial charge on any atom is 0.330 e. The van der Waals surface area contributed by atoms with Gasteiger partial charge >= 0.3 is 5.69 Å². The van der Waals surface area contributed by atoms with Gasteiger partial charge in [-0.05, 0) is 18.9 Å². The van der Waals surface area contributed by atoms with Gasteiger partial charge in [-0.25, -0.2) is 4.79 Å². The number of benzene rings is 1. The first kappa shape index (κ1) is 23.3. The van der Waals surface area contributed by atoms with E-state index in [1.54, 1.807) is 13.2 Å². The minimum absolute atomic E-state index is 0.0101. The number of nitrogens with zero attached hydrogens (tertiary/aromatic N) is 2. The first-order valence-corrected chi connectivity index (χ1v) is 10.5. The van der Waals surface area contributed by atoms with E-state index < -0.39 is 11.2 Å². The van der Waals surface area contributed by atoms with Gasteiger partial charge in [0, 0.05) is 18.5 Å². The summed E-state index contributed by atoms with van der Waals surface area (Å²) >= 11 is 0. The van der Waals surface area contributed by atoms with Crippen LogP contribution in [0.4, 0.5) is 11.5 Å². The number of ether oxygens (including phenoxy) is 1. The molecule has 1 heterocycles. The van der Waals surface area contributed by atoms with Gasteiger partial charge in [0.2, 0.25) is 5.91 Å². The summed E-state index contributed by atoms with van der Waals surface area (Å²) in [6.07, 6.45) is 4.48. The normalized spacial score (nSPS) is 10.8. The summed E-state index contributed by atoms with van der Waals surface area (Å²) in [4.78, 5) is 41.8. The highest BCUT2D eigenvalue weighted by Crippen LogP contribution is 2.25. The van der Waals surface area contributed by atoms with E-state index in [-0.39, 0.29) is 30.4 Å². The number of nitrogens with one attached hydrogen (secondary N) is 1. The third kappa shape index (κ3) is 5.52. The summed E-state index contributed by atoms with van der Waals surface area (Å²) in [5, 5.41) is 0. The first-order chi connectivity index (χ1) is 14.4. The summed E-state index contributed by atoms with van der Waals surface area (Å²) in [6, 6.07) is 7.31. The lowest BCUT2D eigenvalue weighted by atomic mass is 10.1. The van der Waals surface area contributed by atoms with Gasteiger partial charge in [0.25, 0.3) is 5.56 Å². The van der Waals surface area contributed by atoms with Crippen molar-refractivity contribution in [3.63, 3.8) is 0 Å². The van der Waals surface area contributed by atoms with Crippen molar-refractivity contribution in [2.45, 2.75) is 65.5 Å². The number of rotatable bonds is 11. The number of carbonyl (C=O) groups excluding carboxylic acids is 1. The second kappa shape index (κ2) is 11.2. The Labute approximate surface area is 176 Å². The van der Waals surface area contributed by atoms with Gasteiger partial charge in [-0.15, -0.1) is 0 Å². The van der Waals surface area contributed by atoms with Crippen LogP contribution in [0.25, 0.3) is 0 Å². The van der Waals surface area contributed by atoms with E-state index in [4.69, 9.17) is 10.5 Å². The van der Waals surface area contributed by atoms with Crippen molar-refractivity contribution in [1.82, 2.24) is 9.55 Å². The SMILES string of the molecule is CCCCCC(=O)N(Cc1ccccc1OC)c1c(N)n(CCCC)c(=O)[nH]c1=O. The lowest BCUT2D eigenvalue weighted by Gasteiger charge is -2.25. The fourth-order valence-electron chi connectivity index (χ4n) is 3.33. The number of aromatic amines is 1. The molecule has 1 aromatic heterocycles. The Kier molecular flexibility index (Phi) is 8.70. The van der Waals surface area contributed by atoms with E-state index in [1.165, 1.54) is 9.47 Å². The Morgan fingerprint density at radius 2 is 1.83 bits per heavy atom. The van der Waals surface area contributed by atoms with E-state index in [0.717, 1.165) is 31.2 Å². The predicted molar refractivity (Wildman–Crippen MR) is 119 cm³/mol. The van der Waals surface area contributed by atoms with Crippen LogP contribution in [-0.4, -0.2) is 22.6 Å². The molecular weight excluding hydrogens is 384 g/mol. The number of hydrogen-bond acceptors (Lipinski definition) is 5. The van der Waals surface area contributed by atoms with E-state index in [1.807, 2.05) is 25.1 Å². The Morgan fingerprint density at radius 1 is 1.13 bits per heavy atom. The molecule has 0 saturated carbocycles. The van der Waals surface area contributed by atoms with Gasteiger partial charge < -0.3 is 10.5 Å². The van der Waals surface area contributed by atoms with Gasteiger partial charge in [-0.2, -0.15) is 0 Å². The standard InChI is InChI=1S/C22H32N4O4/c1-4-6-8-13-18(27)26(15-16-11-9-10-12-17(16)30-3)19-20(23)25(14-7-5-2)22(29)24-21(19)28/h9-12H,4-8,13-15,23H2,1-3H3,(H,24,28,29). The van der Waals surface area contributed by atoms with Crippen LogP contribution in [0.15, 0.2) is 33.9 Å². The highest BCUT2D eigenvalue weighted by atomic mass is 16.5.